The molecule has 0 radical (unpaired) electrons. The second-order valence-electron chi connectivity index (χ2n) is 5.09. The van der Waals surface area contributed by atoms with Crippen LogP contribution in [0.3, 0.4) is 0 Å². The molecule has 2 N–H and O–H groups in total. The molecule has 1 aromatic rings. The lowest BCUT2D eigenvalue weighted by molar-refractivity contribution is 0.211. The molecule has 0 spiro atoms. The van der Waals surface area contributed by atoms with Crippen LogP contribution in [-0.4, -0.2) is 32.1 Å². The molecule has 0 aliphatic carbocycles. The van der Waals surface area contributed by atoms with Crippen molar-refractivity contribution < 1.29 is 4.74 Å². The summed E-state index contributed by atoms with van der Waals surface area (Å²) in [5.41, 5.74) is 7.13. The molecule has 2 unspecified atom stereocenters. The maximum atomic E-state index is 5.98. The van der Waals surface area contributed by atoms with Crippen molar-refractivity contribution in [3.63, 3.8) is 0 Å². The quantitative estimate of drug-likeness (QED) is 0.833. The first-order valence-electron chi connectivity index (χ1n) is 6.77. The summed E-state index contributed by atoms with van der Waals surface area (Å²) in [4.78, 5) is 2.32. The number of benzene rings is 1. The van der Waals surface area contributed by atoms with Crippen LogP contribution in [-0.2, 0) is 0 Å². The molecule has 0 aliphatic rings. The minimum absolute atomic E-state index is 0.182. The number of nitrogens with two attached hydrogens (primary N) is 1. The summed E-state index contributed by atoms with van der Waals surface area (Å²) in [6, 6.07) is 6.26. The highest BCUT2D eigenvalue weighted by Crippen LogP contribution is 2.31. The summed E-state index contributed by atoms with van der Waals surface area (Å²) in [5, 5.41) is 0. The molecule has 0 amide bonds. The Balaban J connectivity index is 2.98. The third-order valence-corrected chi connectivity index (χ3v) is 4.10. The summed E-state index contributed by atoms with van der Waals surface area (Å²) in [6.45, 7) is 6.10. The molecule has 0 saturated carbocycles. The van der Waals surface area contributed by atoms with Gasteiger partial charge in [0.1, 0.15) is 5.75 Å². The minimum Gasteiger partial charge on any atom is -0.496 e. The van der Waals surface area contributed by atoms with Crippen LogP contribution in [0.4, 0.5) is 0 Å². The van der Waals surface area contributed by atoms with Gasteiger partial charge in [0.25, 0.3) is 0 Å². The number of nitrogens with zero attached hydrogens (tertiary/aromatic N) is 1. The molecular formula is C15H25BrN2O. The Labute approximate surface area is 125 Å². The molecule has 0 fully saturated rings. The number of ether oxygens (including phenoxy) is 1. The minimum atomic E-state index is 0.182. The number of rotatable bonds is 7. The predicted molar refractivity (Wildman–Crippen MR) is 84.6 cm³/mol. The van der Waals surface area contributed by atoms with Crippen LogP contribution in [0.25, 0.3) is 0 Å². The van der Waals surface area contributed by atoms with Gasteiger partial charge in [-0.15, -0.1) is 0 Å². The Morgan fingerprint density at radius 3 is 2.63 bits per heavy atom. The van der Waals surface area contributed by atoms with Crippen LogP contribution in [0, 0.1) is 5.92 Å². The van der Waals surface area contributed by atoms with Gasteiger partial charge in [0.2, 0.25) is 0 Å². The summed E-state index contributed by atoms with van der Waals surface area (Å²) in [6.07, 6.45) is 1.18. The molecule has 0 heterocycles. The summed E-state index contributed by atoms with van der Waals surface area (Å²) < 4.78 is 6.52. The standard InChI is InChI=1S/C15H25BrN2O/c1-5-11(2)10-18(3)14(9-17)13-8-12(16)6-7-15(13)19-4/h6-8,11,14H,5,9-10,17H2,1-4H3. The average Bonchev–Trinajstić information content (AvgIpc) is 2.39. The van der Waals surface area contributed by atoms with Crippen molar-refractivity contribution in [2.45, 2.75) is 26.3 Å². The van der Waals surface area contributed by atoms with Gasteiger partial charge in [0, 0.05) is 23.1 Å². The fourth-order valence-corrected chi connectivity index (χ4v) is 2.64. The smallest absolute Gasteiger partial charge is 0.123 e. The van der Waals surface area contributed by atoms with Crippen molar-refractivity contribution in [2.75, 3.05) is 27.2 Å². The van der Waals surface area contributed by atoms with E-state index in [0.717, 1.165) is 22.3 Å². The van der Waals surface area contributed by atoms with Crippen LogP contribution in [0.5, 0.6) is 5.75 Å². The second-order valence-corrected chi connectivity index (χ2v) is 6.01. The van der Waals surface area contributed by atoms with Crippen molar-refractivity contribution >= 4 is 15.9 Å². The van der Waals surface area contributed by atoms with Gasteiger partial charge in [0.05, 0.1) is 13.2 Å². The topological polar surface area (TPSA) is 38.5 Å². The Hall–Kier alpha value is -0.580. The van der Waals surface area contributed by atoms with Crippen molar-refractivity contribution in [1.82, 2.24) is 4.90 Å². The van der Waals surface area contributed by atoms with Gasteiger partial charge in [-0.1, -0.05) is 36.2 Å². The number of likely N-dealkylation sites (N-methyl/N-ethyl adjacent to an activating group) is 1. The first-order chi connectivity index (χ1) is 9.03. The van der Waals surface area contributed by atoms with Crippen LogP contribution in [0.2, 0.25) is 0 Å². The molecule has 4 heteroatoms. The van der Waals surface area contributed by atoms with E-state index in [0.29, 0.717) is 12.5 Å². The lowest BCUT2D eigenvalue weighted by Gasteiger charge is -2.30. The van der Waals surface area contributed by atoms with Crippen molar-refractivity contribution in [1.29, 1.82) is 0 Å². The fourth-order valence-electron chi connectivity index (χ4n) is 2.26. The molecule has 2 atom stereocenters. The molecule has 108 valence electrons. The molecule has 0 aromatic heterocycles. The SMILES string of the molecule is CCC(C)CN(C)C(CN)c1cc(Br)ccc1OC. The number of hydrogen-bond acceptors (Lipinski definition) is 3. The molecule has 1 rings (SSSR count). The van der Waals surface area contributed by atoms with E-state index in [-0.39, 0.29) is 6.04 Å². The van der Waals surface area contributed by atoms with Gasteiger partial charge in [-0.2, -0.15) is 0 Å². The van der Waals surface area contributed by atoms with Gasteiger partial charge in [0.15, 0.2) is 0 Å². The van der Waals surface area contributed by atoms with Crippen LogP contribution in [0.15, 0.2) is 22.7 Å². The van der Waals surface area contributed by atoms with Gasteiger partial charge in [-0.05, 0) is 31.2 Å². The van der Waals surface area contributed by atoms with E-state index in [9.17, 15) is 0 Å². The molecule has 0 saturated heterocycles. The second kappa shape index (κ2) is 7.88. The number of halogens is 1. The van der Waals surface area contributed by atoms with Gasteiger partial charge >= 0.3 is 0 Å². The van der Waals surface area contributed by atoms with E-state index in [1.807, 2.05) is 12.1 Å². The van der Waals surface area contributed by atoms with Crippen molar-refractivity contribution in [3.8, 4) is 5.75 Å². The third-order valence-electron chi connectivity index (χ3n) is 3.60. The zero-order valence-electron chi connectivity index (χ0n) is 12.3. The van der Waals surface area contributed by atoms with Crippen molar-refractivity contribution in [2.24, 2.45) is 11.7 Å². The predicted octanol–water partition coefficient (Wildman–Crippen LogP) is 3.44. The summed E-state index contributed by atoms with van der Waals surface area (Å²) >= 11 is 3.52. The Morgan fingerprint density at radius 2 is 2.11 bits per heavy atom. The number of hydrogen-bond donors (Lipinski definition) is 1. The zero-order chi connectivity index (χ0) is 14.4. The number of methoxy groups -OCH3 is 1. The van der Waals surface area contributed by atoms with Crippen LogP contribution < -0.4 is 10.5 Å². The summed E-state index contributed by atoms with van der Waals surface area (Å²) in [5.74, 6) is 1.56. The first kappa shape index (κ1) is 16.5. The Kier molecular flexibility index (Phi) is 6.83. The highest BCUT2D eigenvalue weighted by atomic mass is 79.9. The Bertz CT molecular complexity index is 398. The first-order valence-corrected chi connectivity index (χ1v) is 7.56. The normalized spacial score (nSPS) is 14.5. The highest BCUT2D eigenvalue weighted by Gasteiger charge is 2.20. The lowest BCUT2D eigenvalue weighted by atomic mass is 10.0. The van der Waals surface area contributed by atoms with Gasteiger partial charge in [-0.3, -0.25) is 4.90 Å². The molecule has 0 bridgehead atoms. The van der Waals surface area contributed by atoms with E-state index < -0.39 is 0 Å². The van der Waals surface area contributed by atoms with Crippen LogP contribution in [0.1, 0.15) is 31.9 Å². The van der Waals surface area contributed by atoms with Gasteiger partial charge < -0.3 is 10.5 Å². The van der Waals surface area contributed by atoms with Gasteiger partial charge in [-0.25, -0.2) is 0 Å². The lowest BCUT2D eigenvalue weighted by Crippen LogP contribution is -2.33. The van der Waals surface area contributed by atoms with Crippen LogP contribution >= 0.6 is 15.9 Å². The molecule has 3 nitrogen and oxygen atoms in total. The summed E-state index contributed by atoms with van der Waals surface area (Å²) in [7, 11) is 3.83. The van der Waals surface area contributed by atoms with E-state index in [1.54, 1.807) is 7.11 Å². The maximum absolute atomic E-state index is 5.98. The molecule has 0 aliphatic heterocycles. The fraction of sp³-hybridized carbons (Fsp3) is 0.600. The van der Waals surface area contributed by atoms with E-state index in [1.165, 1.54) is 6.42 Å². The average molecular weight is 329 g/mol. The highest BCUT2D eigenvalue weighted by molar-refractivity contribution is 9.10. The largest absolute Gasteiger partial charge is 0.496 e. The Morgan fingerprint density at radius 1 is 1.42 bits per heavy atom. The van der Waals surface area contributed by atoms with E-state index in [2.05, 4.69) is 47.8 Å². The molecule has 19 heavy (non-hydrogen) atoms. The molecule has 1 aromatic carbocycles. The zero-order valence-corrected chi connectivity index (χ0v) is 13.9. The molecular weight excluding hydrogens is 304 g/mol. The van der Waals surface area contributed by atoms with E-state index >= 15 is 0 Å². The van der Waals surface area contributed by atoms with E-state index in [4.69, 9.17) is 10.5 Å². The monoisotopic (exact) mass is 328 g/mol. The third kappa shape index (κ3) is 4.48. The maximum Gasteiger partial charge on any atom is 0.123 e. The van der Waals surface area contributed by atoms with Crippen molar-refractivity contribution in [3.05, 3.63) is 28.2 Å².